The maximum absolute atomic E-state index is 13.9. The number of nitrogen functional groups attached to an aromatic ring is 1. The second-order valence-electron chi connectivity index (χ2n) is 11.8. The molecule has 2 amide bonds. The smallest absolute Gasteiger partial charge is 0.397 e. The number of halogens is 3. The van der Waals surface area contributed by atoms with Gasteiger partial charge in [0.25, 0.3) is 11.8 Å². The molecule has 3 N–H and O–H groups in total. The van der Waals surface area contributed by atoms with Crippen LogP contribution in [0.4, 0.5) is 30.2 Å². The molecule has 42 heavy (non-hydrogen) atoms. The lowest BCUT2D eigenvalue weighted by atomic mass is 9.96. The van der Waals surface area contributed by atoms with Crippen molar-refractivity contribution in [1.29, 1.82) is 0 Å². The van der Waals surface area contributed by atoms with Crippen molar-refractivity contribution in [2.75, 3.05) is 69.3 Å². The van der Waals surface area contributed by atoms with E-state index in [0.717, 1.165) is 24.1 Å². The van der Waals surface area contributed by atoms with Gasteiger partial charge in [-0.1, -0.05) is 0 Å². The largest absolute Gasteiger partial charge is 0.401 e. The number of rotatable bonds is 7. The van der Waals surface area contributed by atoms with Crippen LogP contribution in [0.15, 0.2) is 30.6 Å². The van der Waals surface area contributed by atoms with Crippen LogP contribution in [0.3, 0.4) is 0 Å². The number of carbonyl (C=O) groups excluding carboxylic acids is 2. The Morgan fingerprint density at radius 1 is 1.07 bits per heavy atom. The van der Waals surface area contributed by atoms with E-state index in [1.54, 1.807) is 50.3 Å². The molecule has 1 aromatic carbocycles. The molecule has 2 aliphatic rings. The molecule has 0 saturated carbocycles. The lowest BCUT2D eigenvalue weighted by Gasteiger charge is -2.45. The van der Waals surface area contributed by atoms with Gasteiger partial charge in [-0.25, -0.2) is 0 Å². The van der Waals surface area contributed by atoms with Gasteiger partial charge in [0.2, 0.25) is 0 Å². The predicted molar refractivity (Wildman–Crippen MR) is 159 cm³/mol. The van der Waals surface area contributed by atoms with Crippen molar-refractivity contribution in [1.82, 2.24) is 19.7 Å². The maximum Gasteiger partial charge on any atom is 0.401 e. The van der Waals surface area contributed by atoms with Crippen LogP contribution in [-0.2, 0) is 0 Å². The summed E-state index contributed by atoms with van der Waals surface area (Å²) in [6, 6.07) is 4.53. The third kappa shape index (κ3) is 7.26. The highest BCUT2D eigenvalue weighted by Gasteiger charge is 2.40. The number of nitrogens with two attached hydrogens (primary N) is 1. The van der Waals surface area contributed by atoms with Crippen molar-refractivity contribution in [3.05, 3.63) is 47.3 Å². The first-order chi connectivity index (χ1) is 19.8. The highest BCUT2D eigenvalue weighted by molar-refractivity contribution is 6.03. The molecule has 230 valence electrons. The van der Waals surface area contributed by atoms with Crippen molar-refractivity contribution < 1.29 is 22.8 Å². The van der Waals surface area contributed by atoms with Gasteiger partial charge < -0.3 is 25.8 Å². The molecule has 0 bridgehead atoms. The van der Waals surface area contributed by atoms with Crippen molar-refractivity contribution in [3.63, 3.8) is 0 Å². The van der Waals surface area contributed by atoms with Crippen LogP contribution in [-0.4, -0.2) is 103 Å². The number of likely N-dealkylation sites (tertiary alicyclic amines) is 1. The van der Waals surface area contributed by atoms with E-state index in [-0.39, 0.29) is 30.8 Å². The monoisotopic (exact) mass is 589 g/mol. The summed E-state index contributed by atoms with van der Waals surface area (Å²) in [5.74, 6) is -0.150. The third-order valence-electron chi connectivity index (χ3n) is 8.26. The number of anilines is 3. The molecule has 3 atom stereocenters. The van der Waals surface area contributed by atoms with Gasteiger partial charge in [0.05, 0.1) is 34.7 Å². The van der Waals surface area contributed by atoms with Gasteiger partial charge in [-0.2, -0.15) is 13.2 Å². The van der Waals surface area contributed by atoms with E-state index in [4.69, 9.17) is 5.73 Å². The number of piperazine rings is 1. The van der Waals surface area contributed by atoms with Gasteiger partial charge in [0, 0.05) is 71.3 Å². The summed E-state index contributed by atoms with van der Waals surface area (Å²) in [6.07, 6.45) is 0.723. The molecular formula is C30H42F3N7O2. The number of nitrogens with one attached hydrogen (secondary N) is 1. The standard InChI is InChI=1S/C30H42F3N7O2/c1-19-9-25(29(42)39-14-20(2)40(21(3)15-39)18-30(31,32)33)27(26(34)10-19)37(5)16-22-7-6-8-38(17-22)28(41)23-11-24(35-4)13-36-12-23/h9-13,20-22,35H,6-8,14-18,34H2,1-5H3/t20-,21+,22?. The summed E-state index contributed by atoms with van der Waals surface area (Å²) < 4.78 is 39.4. The molecule has 2 saturated heterocycles. The van der Waals surface area contributed by atoms with Crippen LogP contribution in [0.1, 0.15) is 53.0 Å². The summed E-state index contributed by atoms with van der Waals surface area (Å²) in [5.41, 5.74) is 10.2. The molecule has 1 unspecified atom stereocenters. The Morgan fingerprint density at radius 3 is 2.40 bits per heavy atom. The molecule has 0 radical (unpaired) electrons. The van der Waals surface area contributed by atoms with E-state index in [9.17, 15) is 22.8 Å². The molecule has 4 rings (SSSR count). The second-order valence-corrected chi connectivity index (χ2v) is 11.8. The van der Waals surface area contributed by atoms with Crippen molar-refractivity contribution in [3.8, 4) is 0 Å². The summed E-state index contributed by atoms with van der Waals surface area (Å²) in [4.78, 5) is 38.2. The molecule has 2 aliphatic heterocycles. The lowest BCUT2D eigenvalue weighted by molar-refractivity contribution is -0.160. The van der Waals surface area contributed by atoms with Gasteiger partial charge >= 0.3 is 6.18 Å². The van der Waals surface area contributed by atoms with Crippen LogP contribution in [0.25, 0.3) is 0 Å². The average molecular weight is 590 g/mol. The number of hydrogen-bond acceptors (Lipinski definition) is 7. The minimum absolute atomic E-state index is 0.0643. The predicted octanol–water partition coefficient (Wildman–Crippen LogP) is 4.10. The number of piperidine rings is 1. The molecule has 1 aromatic heterocycles. The number of aryl methyl sites for hydroxylation is 1. The zero-order valence-electron chi connectivity index (χ0n) is 25.0. The number of alkyl halides is 3. The highest BCUT2D eigenvalue weighted by atomic mass is 19.4. The number of benzene rings is 1. The summed E-state index contributed by atoms with van der Waals surface area (Å²) in [7, 11) is 3.67. The fourth-order valence-electron chi connectivity index (χ4n) is 6.36. The Labute approximate surface area is 245 Å². The first-order valence-corrected chi connectivity index (χ1v) is 14.4. The first-order valence-electron chi connectivity index (χ1n) is 14.4. The van der Waals surface area contributed by atoms with Crippen LogP contribution in [0.2, 0.25) is 0 Å². The molecule has 2 fully saturated rings. The number of nitrogens with zero attached hydrogens (tertiary/aromatic N) is 5. The number of aromatic nitrogens is 1. The molecule has 12 heteroatoms. The molecular weight excluding hydrogens is 547 g/mol. The van der Waals surface area contributed by atoms with Crippen LogP contribution >= 0.6 is 0 Å². The van der Waals surface area contributed by atoms with Gasteiger partial charge in [-0.15, -0.1) is 0 Å². The Balaban J connectivity index is 1.50. The summed E-state index contributed by atoms with van der Waals surface area (Å²) >= 11 is 0. The molecule has 0 spiro atoms. The first kappa shape index (κ1) is 31.4. The number of hydrogen-bond donors (Lipinski definition) is 2. The number of carbonyl (C=O) groups is 2. The van der Waals surface area contributed by atoms with Crippen molar-refractivity contribution >= 4 is 28.9 Å². The van der Waals surface area contributed by atoms with E-state index in [1.807, 2.05) is 29.8 Å². The number of amides is 2. The van der Waals surface area contributed by atoms with E-state index >= 15 is 0 Å². The van der Waals surface area contributed by atoms with Crippen LogP contribution < -0.4 is 16.0 Å². The summed E-state index contributed by atoms with van der Waals surface area (Å²) in [6.45, 7) is 6.51. The average Bonchev–Trinajstić information content (AvgIpc) is 2.93. The van der Waals surface area contributed by atoms with Gasteiger partial charge in [0.15, 0.2) is 0 Å². The van der Waals surface area contributed by atoms with E-state index in [1.165, 1.54) is 4.90 Å². The fourth-order valence-corrected chi connectivity index (χ4v) is 6.36. The fraction of sp³-hybridized carbons (Fsp3) is 0.567. The minimum atomic E-state index is -4.30. The Hall–Kier alpha value is -3.54. The quantitative estimate of drug-likeness (QED) is 0.470. The van der Waals surface area contributed by atoms with Crippen LogP contribution in [0.5, 0.6) is 0 Å². The van der Waals surface area contributed by atoms with Gasteiger partial charge in [0.1, 0.15) is 0 Å². The van der Waals surface area contributed by atoms with Crippen molar-refractivity contribution in [2.24, 2.45) is 5.92 Å². The third-order valence-corrected chi connectivity index (χ3v) is 8.26. The van der Waals surface area contributed by atoms with E-state index < -0.39 is 24.8 Å². The molecule has 9 nitrogen and oxygen atoms in total. The Kier molecular flexibility index (Phi) is 9.54. The lowest BCUT2D eigenvalue weighted by Crippen LogP contribution is -2.59. The van der Waals surface area contributed by atoms with E-state index in [0.29, 0.717) is 42.1 Å². The summed E-state index contributed by atoms with van der Waals surface area (Å²) in [5, 5.41) is 3.01. The maximum atomic E-state index is 13.9. The zero-order chi connectivity index (χ0) is 30.8. The van der Waals surface area contributed by atoms with Gasteiger partial charge in [-0.3, -0.25) is 19.5 Å². The molecule has 3 heterocycles. The minimum Gasteiger partial charge on any atom is -0.397 e. The normalized spacial score (nSPS) is 21.8. The Bertz CT molecular complexity index is 1280. The second kappa shape index (κ2) is 12.8. The van der Waals surface area contributed by atoms with Crippen molar-refractivity contribution in [2.45, 2.75) is 51.9 Å². The molecule has 0 aliphatic carbocycles. The van der Waals surface area contributed by atoms with Gasteiger partial charge in [-0.05, 0) is 63.3 Å². The topological polar surface area (TPSA) is 98.0 Å². The van der Waals surface area contributed by atoms with Crippen LogP contribution in [0, 0.1) is 12.8 Å². The zero-order valence-corrected chi connectivity index (χ0v) is 25.0. The molecule has 2 aromatic rings. The number of pyridine rings is 1. The SMILES string of the molecule is CNc1cncc(C(=O)N2CCCC(CN(C)c3c(N)cc(C)cc3C(=O)N3C[C@@H](C)N(CC(F)(F)F)[C@@H](C)C3)C2)c1. The Morgan fingerprint density at radius 2 is 1.76 bits per heavy atom. The highest BCUT2D eigenvalue weighted by Crippen LogP contribution is 2.33. The van der Waals surface area contributed by atoms with E-state index in [2.05, 4.69) is 10.3 Å².